The molecule has 17 heavy (non-hydrogen) atoms. The normalized spacial score (nSPS) is 12.6. The molecule has 1 aromatic carbocycles. The Hall–Kier alpha value is -1.33. The second kappa shape index (κ2) is 5.33. The highest BCUT2D eigenvalue weighted by Crippen LogP contribution is 2.16. The molecule has 2 aromatic rings. The van der Waals surface area contributed by atoms with Crippen LogP contribution in [0.5, 0.6) is 0 Å². The number of nitrogens with zero attached hydrogens (tertiary/aromatic N) is 2. The van der Waals surface area contributed by atoms with Crippen LogP contribution in [-0.2, 0) is 6.54 Å². The van der Waals surface area contributed by atoms with Crippen LogP contribution in [0.1, 0.15) is 29.8 Å². The molecule has 2 rings (SSSR count). The molecule has 0 aliphatic carbocycles. The van der Waals surface area contributed by atoms with Gasteiger partial charge >= 0.3 is 0 Å². The fourth-order valence-electron chi connectivity index (χ4n) is 1.51. The van der Waals surface area contributed by atoms with Gasteiger partial charge in [-0.05, 0) is 42.6 Å². The van der Waals surface area contributed by atoms with Crippen molar-refractivity contribution in [1.29, 1.82) is 0 Å². The lowest BCUT2D eigenvalue weighted by Crippen LogP contribution is -2.18. The Labute approximate surface area is 104 Å². The lowest BCUT2D eigenvalue weighted by molar-refractivity contribution is 0.557. The predicted octanol–water partition coefficient (Wildman–Crippen LogP) is 2.84. The van der Waals surface area contributed by atoms with Crippen LogP contribution in [0, 0.1) is 12.7 Å². The molecule has 0 aliphatic heterocycles. The second-order valence-corrected chi connectivity index (χ2v) is 4.62. The zero-order chi connectivity index (χ0) is 12.3. The lowest BCUT2D eigenvalue weighted by Gasteiger charge is -2.13. The van der Waals surface area contributed by atoms with E-state index in [4.69, 9.17) is 0 Å². The van der Waals surface area contributed by atoms with Crippen molar-refractivity contribution < 1.29 is 4.39 Å². The summed E-state index contributed by atoms with van der Waals surface area (Å²) in [4.78, 5) is 0. The molecule has 5 heteroatoms. The summed E-state index contributed by atoms with van der Waals surface area (Å²) in [6.07, 6.45) is 0. The topological polar surface area (TPSA) is 37.8 Å². The number of halogens is 1. The molecule has 0 spiro atoms. The Morgan fingerprint density at radius 3 is 2.94 bits per heavy atom. The van der Waals surface area contributed by atoms with E-state index >= 15 is 0 Å². The van der Waals surface area contributed by atoms with Crippen LogP contribution in [0.4, 0.5) is 4.39 Å². The fourth-order valence-corrected chi connectivity index (χ4v) is 1.97. The minimum absolute atomic E-state index is 0.0896. The van der Waals surface area contributed by atoms with Gasteiger partial charge in [-0.3, -0.25) is 0 Å². The van der Waals surface area contributed by atoms with Gasteiger partial charge < -0.3 is 5.32 Å². The van der Waals surface area contributed by atoms with Gasteiger partial charge in [-0.25, -0.2) is 4.39 Å². The maximum Gasteiger partial charge on any atom is 0.126 e. The van der Waals surface area contributed by atoms with Gasteiger partial charge in [0, 0.05) is 18.0 Å². The van der Waals surface area contributed by atoms with Gasteiger partial charge in [0.1, 0.15) is 5.82 Å². The Morgan fingerprint density at radius 2 is 2.29 bits per heavy atom. The SMILES string of the molecule is Cc1ccc(C(C)NCc2csnn2)cc1F. The van der Waals surface area contributed by atoms with Crippen molar-refractivity contribution in [1.82, 2.24) is 14.9 Å². The van der Waals surface area contributed by atoms with E-state index in [1.807, 2.05) is 18.4 Å². The van der Waals surface area contributed by atoms with Gasteiger partial charge in [-0.15, -0.1) is 5.10 Å². The van der Waals surface area contributed by atoms with Gasteiger partial charge in [0.05, 0.1) is 5.69 Å². The van der Waals surface area contributed by atoms with E-state index in [0.29, 0.717) is 12.1 Å². The number of hydrogen-bond donors (Lipinski definition) is 1. The van der Waals surface area contributed by atoms with Gasteiger partial charge in [-0.1, -0.05) is 16.6 Å². The van der Waals surface area contributed by atoms with Gasteiger partial charge in [0.15, 0.2) is 0 Å². The molecule has 0 bridgehead atoms. The summed E-state index contributed by atoms with van der Waals surface area (Å²) in [7, 11) is 0. The predicted molar refractivity (Wildman–Crippen MR) is 66.3 cm³/mol. The molecule has 0 radical (unpaired) electrons. The van der Waals surface area contributed by atoms with Gasteiger partial charge in [0.25, 0.3) is 0 Å². The zero-order valence-electron chi connectivity index (χ0n) is 9.77. The molecule has 0 saturated heterocycles. The average Bonchev–Trinajstić information content (AvgIpc) is 2.82. The standard InChI is InChI=1S/C12H14FN3S/c1-8-3-4-10(5-12(8)13)9(2)14-6-11-7-17-16-15-11/h3-5,7,9,14H,6H2,1-2H3. The van der Waals surface area contributed by atoms with E-state index < -0.39 is 0 Å². The van der Waals surface area contributed by atoms with E-state index in [1.165, 1.54) is 11.5 Å². The van der Waals surface area contributed by atoms with Crippen LogP contribution in [0.2, 0.25) is 0 Å². The van der Waals surface area contributed by atoms with Crippen molar-refractivity contribution in [2.45, 2.75) is 26.4 Å². The van der Waals surface area contributed by atoms with Crippen LogP contribution in [0.3, 0.4) is 0 Å². The quantitative estimate of drug-likeness (QED) is 0.908. The van der Waals surface area contributed by atoms with Crippen molar-refractivity contribution in [2.24, 2.45) is 0 Å². The van der Waals surface area contributed by atoms with E-state index in [1.54, 1.807) is 19.1 Å². The number of rotatable bonds is 4. The minimum Gasteiger partial charge on any atom is -0.304 e. The lowest BCUT2D eigenvalue weighted by atomic mass is 10.1. The maximum atomic E-state index is 13.4. The van der Waals surface area contributed by atoms with Crippen LogP contribution in [0.25, 0.3) is 0 Å². The van der Waals surface area contributed by atoms with Crippen LogP contribution >= 0.6 is 11.5 Å². The van der Waals surface area contributed by atoms with E-state index in [2.05, 4.69) is 14.9 Å². The first-order valence-corrected chi connectivity index (χ1v) is 6.26. The summed E-state index contributed by atoms with van der Waals surface area (Å²) in [5.41, 5.74) is 2.52. The Bertz CT molecular complexity index is 485. The van der Waals surface area contributed by atoms with Crippen LogP contribution in [0.15, 0.2) is 23.6 Å². The van der Waals surface area contributed by atoms with Crippen LogP contribution in [-0.4, -0.2) is 9.59 Å². The molecule has 1 aromatic heterocycles. The molecule has 1 atom stereocenters. The molecular formula is C12H14FN3S. The number of aromatic nitrogens is 2. The number of hydrogen-bond acceptors (Lipinski definition) is 4. The Kier molecular flexibility index (Phi) is 3.81. The molecule has 1 N–H and O–H groups in total. The zero-order valence-corrected chi connectivity index (χ0v) is 10.6. The van der Waals surface area contributed by atoms with Crippen LogP contribution < -0.4 is 5.32 Å². The molecular weight excluding hydrogens is 237 g/mol. The third-order valence-electron chi connectivity index (χ3n) is 2.69. The third-order valence-corrected chi connectivity index (χ3v) is 3.24. The first-order chi connectivity index (χ1) is 8.16. The van der Waals surface area contributed by atoms with Crippen molar-refractivity contribution in [3.05, 3.63) is 46.2 Å². The van der Waals surface area contributed by atoms with Crippen molar-refractivity contribution in [3.8, 4) is 0 Å². The summed E-state index contributed by atoms with van der Waals surface area (Å²) in [6, 6.07) is 5.40. The maximum absolute atomic E-state index is 13.4. The fraction of sp³-hybridized carbons (Fsp3) is 0.333. The second-order valence-electron chi connectivity index (χ2n) is 4.01. The third kappa shape index (κ3) is 3.08. The summed E-state index contributed by atoms with van der Waals surface area (Å²) in [6.45, 7) is 4.41. The summed E-state index contributed by atoms with van der Waals surface area (Å²) < 4.78 is 17.2. The molecule has 0 aliphatic rings. The first kappa shape index (κ1) is 12.1. The van der Waals surface area contributed by atoms with Gasteiger partial charge in [-0.2, -0.15) is 0 Å². The minimum atomic E-state index is -0.161. The Morgan fingerprint density at radius 1 is 1.47 bits per heavy atom. The molecule has 90 valence electrons. The van der Waals surface area contributed by atoms with Gasteiger partial charge in [0.2, 0.25) is 0 Å². The smallest absolute Gasteiger partial charge is 0.126 e. The highest BCUT2D eigenvalue weighted by molar-refractivity contribution is 7.03. The van der Waals surface area contributed by atoms with Crippen molar-refractivity contribution in [2.75, 3.05) is 0 Å². The highest BCUT2D eigenvalue weighted by Gasteiger charge is 2.07. The molecule has 1 unspecified atom stereocenters. The number of nitrogens with one attached hydrogen (secondary N) is 1. The average molecular weight is 251 g/mol. The number of aryl methyl sites for hydroxylation is 1. The largest absolute Gasteiger partial charge is 0.304 e. The summed E-state index contributed by atoms with van der Waals surface area (Å²) >= 11 is 1.33. The Balaban J connectivity index is 1.99. The molecule has 3 nitrogen and oxygen atoms in total. The number of benzene rings is 1. The van der Waals surface area contributed by atoms with E-state index in [9.17, 15) is 4.39 Å². The molecule has 1 heterocycles. The van der Waals surface area contributed by atoms with E-state index in [0.717, 1.165) is 11.3 Å². The molecule has 0 fully saturated rings. The monoisotopic (exact) mass is 251 g/mol. The summed E-state index contributed by atoms with van der Waals surface area (Å²) in [5.74, 6) is -0.161. The van der Waals surface area contributed by atoms with Crippen molar-refractivity contribution in [3.63, 3.8) is 0 Å². The molecule has 0 amide bonds. The van der Waals surface area contributed by atoms with Crippen molar-refractivity contribution >= 4 is 11.5 Å². The van der Waals surface area contributed by atoms with E-state index in [-0.39, 0.29) is 11.9 Å². The molecule has 0 saturated carbocycles. The first-order valence-electron chi connectivity index (χ1n) is 5.42. The highest BCUT2D eigenvalue weighted by atomic mass is 32.1. The summed E-state index contributed by atoms with van der Waals surface area (Å²) in [5, 5.41) is 9.13.